The van der Waals surface area contributed by atoms with Gasteiger partial charge in [0.25, 0.3) is 0 Å². The summed E-state index contributed by atoms with van der Waals surface area (Å²) < 4.78 is 22.5. The Hall–Kier alpha value is -3.14. The molecule has 1 aromatic heterocycles. The average Bonchev–Trinajstić information content (AvgIpc) is 3.06. The minimum atomic E-state index is -0.258. The maximum absolute atomic E-state index is 14.4. The van der Waals surface area contributed by atoms with Gasteiger partial charge in [-0.2, -0.15) is 0 Å². The van der Waals surface area contributed by atoms with Crippen molar-refractivity contribution < 1.29 is 9.13 Å². The summed E-state index contributed by atoms with van der Waals surface area (Å²) in [4.78, 5) is 4.69. The zero-order valence-electron chi connectivity index (χ0n) is 16.2. The van der Waals surface area contributed by atoms with Crippen LogP contribution in [0.25, 0.3) is 22.4 Å². The van der Waals surface area contributed by atoms with Gasteiger partial charge in [-0.25, -0.2) is 9.37 Å². The lowest BCUT2D eigenvalue weighted by Gasteiger charge is -2.13. The van der Waals surface area contributed by atoms with Crippen LogP contribution in [-0.2, 0) is 6.54 Å². The predicted molar refractivity (Wildman–Crippen MR) is 111 cm³/mol. The number of aromatic nitrogens is 2. The Balaban J connectivity index is 1.58. The molecule has 4 aromatic rings. The van der Waals surface area contributed by atoms with Crippen LogP contribution in [0.1, 0.15) is 17.5 Å². The summed E-state index contributed by atoms with van der Waals surface area (Å²) >= 11 is 0. The minimum absolute atomic E-state index is 0.258. The van der Waals surface area contributed by atoms with Crippen molar-refractivity contribution >= 4 is 11.0 Å². The fourth-order valence-corrected chi connectivity index (χ4v) is 3.57. The quantitative estimate of drug-likeness (QED) is 0.391. The van der Waals surface area contributed by atoms with E-state index in [-0.39, 0.29) is 5.82 Å². The van der Waals surface area contributed by atoms with E-state index in [1.165, 1.54) is 6.07 Å². The molecule has 0 aliphatic carbocycles. The van der Waals surface area contributed by atoms with E-state index in [0.717, 1.165) is 34.3 Å². The lowest BCUT2D eigenvalue weighted by Crippen LogP contribution is -2.07. The molecule has 0 N–H and O–H groups in total. The molecule has 4 heteroatoms. The van der Waals surface area contributed by atoms with Crippen molar-refractivity contribution in [3.8, 4) is 17.1 Å². The van der Waals surface area contributed by atoms with Crippen LogP contribution in [0.3, 0.4) is 0 Å². The normalized spacial score (nSPS) is 11.1. The maximum atomic E-state index is 14.4. The Bertz CT molecular complexity index is 1100. The highest BCUT2D eigenvalue weighted by Crippen LogP contribution is 2.27. The van der Waals surface area contributed by atoms with Crippen LogP contribution in [0, 0.1) is 19.7 Å². The molecule has 4 rings (SSSR count). The third-order valence-corrected chi connectivity index (χ3v) is 4.95. The van der Waals surface area contributed by atoms with Gasteiger partial charge in [0.05, 0.1) is 23.2 Å². The number of hydrogen-bond donors (Lipinski definition) is 0. The van der Waals surface area contributed by atoms with Crippen molar-refractivity contribution in [1.82, 2.24) is 9.55 Å². The van der Waals surface area contributed by atoms with Crippen LogP contribution in [0.4, 0.5) is 4.39 Å². The highest BCUT2D eigenvalue weighted by Gasteiger charge is 2.15. The number of halogens is 1. The number of aryl methyl sites for hydroxylation is 3. The molecule has 0 saturated carbocycles. The number of imidazole rings is 1. The third kappa shape index (κ3) is 3.50. The number of hydrogen-bond acceptors (Lipinski definition) is 2. The van der Waals surface area contributed by atoms with Crippen molar-refractivity contribution in [1.29, 1.82) is 0 Å². The topological polar surface area (TPSA) is 27.1 Å². The summed E-state index contributed by atoms with van der Waals surface area (Å²) in [6, 6.07) is 20.9. The summed E-state index contributed by atoms with van der Waals surface area (Å²) in [6.07, 6.45) is 0.801. The third-order valence-electron chi connectivity index (χ3n) is 4.95. The van der Waals surface area contributed by atoms with Gasteiger partial charge in [-0.1, -0.05) is 42.5 Å². The molecule has 0 aliphatic rings. The molecule has 0 radical (unpaired) electrons. The van der Waals surface area contributed by atoms with Gasteiger partial charge >= 0.3 is 0 Å². The Morgan fingerprint density at radius 1 is 0.893 bits per heavy atom. The molecule has 0 aliphatic heterocycles. The highest BCUT2D eigenvalue weighted by molar-refractivity contribution is 5.80. The van der Waals surface area contributed by atoms with Gasteiger partial charge in [-0.3, -0.25) is 0 Å². The van der Waals surface area contributed by atoms with Crippen molar-refractivity contribution in [2.75, 3.05) is 6.61 Å². The lowest BCUT2D eigenvalue weighted by molar-refractivity contribution is 0.299. The first kappa shape index (κ1) is 18.2. The first-order valence-corrected chi connectivity index (χ1v) is 9.54. The molecule has 142 valence electrons. The second-order valence-electron chi connectivity index (χ2n) is 6.98. The SMILES string of the molecule is Cc1cccc(C)c1OCCCn1c(-c2ccccc2F)nc2ccccc21. The molecular formula is C24H23FN2O. The molecule has 0 saturated heterocycles. The predicted octanol–water partition coefficient (Wildman–Crippen LogP) is 5.93. The standard InChI is InChI=1S/C24H23FN2O/c1-17-9-7-10-18(2)23(17)28-16-8-15-27-22-14-6-5-13-21(22)26-24(27)19-11-3-4-12-20(19)25/h3-7,9-14H,8,15-16H2,1-2H3. The monoisotopic (exact) mass is 374 g/mol. The Kier molecular flexibility index (Phi) is 5.11. The number of benzene rings is 3. The van der Waals surface area contributed by atoms with Crippen molar-refractivity contribution in [2.24, 2.45) is 0 Å². The summed E-state index contributed by atoms with van der Waals surface area (Å²) in [5.41, 5.74) is 4.68. The van der Waals surface area contributed by atoms with E-state index in [0.29, 0.717) is 24.5 Å². The number of nitrogens with zero attached hydrogens (tertiary/aromatic N) is 2. The van der Waals surface area contributed by atoms with Gasteiger partial charge in [0.15, 0.2) is 0 Å². The van der Waals surface area contributed by atoms with Gasteiger partial charge < -0.3 is 9.30 Å². The van der Waals surface area contributed by atoms with Crippen molar-refractivity contribution in [3.05, 3.63) is 83.7 Å². The van der Waals surface area contributed by atoms with Crippen LogP contribution < -0.4 is 4.74 Å². The van der Waals surface area contributed by atoms with Gasteiger partial charge in [0.2, 0.25) is 0 Å². The molecule has 3 nitrogen and oxygen atoms in total. The Morgan fingerprint density at radius 3 is 2.39 bits per heavy atom. The molecule has 1 heterocycles. The lowest BCUT2D eigenvalue weighted by atomic mass is 10.1. The molecule has 28 heavy (non-hydrogen) atoms. The molecule has 0 amide bonds. The Labute approximate surface area is 164 Å². The van der Waals surface area contributed by atoms with E-state index in [1.54, 1.807) is 12.1 Å². The Morgan fingerprint density at radius 2 is 1.61 bits per heavy atom. The molecule has 3 aromatic carbocycles. The molecule has 0 unspecified atom stereocenters. The average molecular weight is 374 g/mol. The second-order valence-corrected chi connectivity index (χ2v) is 6.98. The van der Waals surface area contributed by atoms with Crippen LogP contribution in [0.15, 0.2) is 66.7 Å². The van der Waals surface area contributed by atoms with E-state index in [4.69, 9.17) is 9.72 Å². The van der Waals surface area contributed by atoms with Crippen LogP contribution >= 0.6 is 0 Å². The summed E-state index contributed by atoms with van der Waals surface area (Å²) in [6.45, 7) is 5.41. The van der Waals surface area contributed by atoms with Gasteiger partial charge in [0, 0.05) is 6.54 Å². The number of para-hydroxylation sites is 3. The fraction of sp³-hybridized carbons (Fsp3) is 0.208. The molecule has 0 spiro atoms. The zero-order chi connectivity index (χ0) is 19.5. The second kappa shape index (κ2) is 7.85. The van der Waals surface area contributed by atoms with Crippen LogP contribution in [0.5, 0.6) is 5.75 Å². The minimum Gasteiger partial charge on any atom is -0.493 e. The van der Waals surface area contributed by atoms with Gasteiger partial charge in [0.1, 0.15) is 17.4 Å². The molecular weight excluding hydrogens is 351 g/mol. The first-order valence-electron chi connectivity index (χ1n) is 9.54. The smallest absolute Gasteiger partial charge is 0.144 e. The van der Waals surface area contributed by atoms with Crippen LogP contribution in [-0.4, -0.2) is 16.2 Å². The number of fused-ring (bicyclic) bond motifs is 1. The van der Waals surface area contributed by atoms with Crippen molar-refractivity contribution in [2.45, 2.75) is 26.8 Å². The zero-order valence-corrected chi connectivity index (χ0v) is 16.2. The summed E-state index contributed by atoms with van der Waals surface area (Å²) in [5, 5.41) is 0. The summed E-state index contributed by atoms with van der Waals surface area (Å²) in [7, 11) is 0. The highest BCUT2D eigenvalue weighted by atomic mass is 19.1. The van der Waals surface area contributed by atoms with Gasteiger partial charge in [-0.05, 0) is 55.7 Å². The number of ether oxygens (including phenoxy) is 1. The van der Waals surface area contributed by atoms with E-state index >= 15 is 0 Å². The van der Waals surface area contributed by atoms with E-state index in [2.05, 4.69) is 30.5 Å². The van der Waals surface area contributed by atoms with E-state index in [9.17, 15) is 4.39 Å². The first-order chi connectivity index (χ1) is 13.6. The number of rotatable bonds is 6. The molecule has 0 bridgehead atoms. The molecule has 0 fully saturated rings. The van der Waals surface area contributed by atoms with E-state index in [1.807, 2.05) is 36.4 Å². The van der Waals surface area contributed by atoms with Crippen LogP contribution in [0.2, 0.25) is 0 Å². The van der Waals surface area contributed by atoms with E-state index < -0.39 is 0 Å². The fourth-order valence-electron chi connectivity index (χ4n) is 3.57. The van der Waals surface area contributed by atoms with Crippen molar-refractivity contribution in [3.63, 3.8) is 0 Å². The largest absolute Gasteiger partial charge is 0.493 e. The maximum Gasteiger partial charge on any atom is 0.144 e. The summed E-state index contributed by atoms with van der Waals surface area (Å²) in [5.74, 6) is 1.35. The molecule has 0 atom stereocenters. The van der Waals surface area contributed by atoms with Gasteiger partial charge in [-0.15, -0.1) is 0 Å².